The zero-order chi connectivity index (χ0) is 20.5. The van der Waals surface area contributed by atoms with E-state index in [1.165, 1.54) is 31.5 Å². The van der Waals surface area contributed by atoms with E-state index in [1.807, 2.05) is 19.2 Å². The quantitative estimate of drug-likeness (QED) is 0.541. The Labute approximate surface area is 180 Å². The molecule has 2 saturated heterocycles. The summed E-state index contributed by atoms with van der Waals surface area (Å²) in [7, 11) is 3.68. The summed E-state index contributed by atoms with van der Waals surface area (Å²) < 4.78 is 5.19. The molecule has 2 heterocycles. The first kappa shape index (κ1) is 22.3. The number of rotatable bonds is 7. The largest absolute Gasteiger partial charge is 0.383 e. The second-order valence-electron chi connectivity index (χ2n) is 8.10. The Balaban J connectivity index is 1.36. The maximum atomic E-state index is 5.99. The lowest BCUT2D eigenvalue weighted by Crippen LogP contribution is -2.53. The highest BCUT2D eigenvalue weighted by Crippen LogP contribution is 2.17. The minimum atomic E-state index is 0.733. The Bertz CT molecular complexity index is 623. The van der Waals surface area contributed by atoms with Crippen LogP contribution < -0.4 is 5.32 Å². The molecule has 29 heavy (non-hydrogen) atoms. The fourth-order valence-corrected chi connectivity index (χ4v) is 4.29. The highest BCUT2D eigenvalue weighted by molar-refractivity contribution is 6.30. The van der Waals surface area contributed by atoms with Crippen LogP contribution in [0.15, 0.2) is 29.3 Å². The van der Waals surface area contributed by atoms with Gasteiger partial charge in [0.25, 0.3) is 0 Å². The molecule has 0 atom stereocenters. The summed E-state index contributed by atoms with van der Waals surface area (Å²) in [6, 6.07) is 8.19. The molecule has 0 amide bonds. The molecule has 0 unspecified atom stereocenters. The predicted octanol–water partition coefficient (Wildman–Crippen LogP) is 2.39. The van der Waals surface area contributed by atoms with Crippen molar-refractivity contribution in [2.24, 2.45) is 10.9 Å². The molecule has 1 N–H and O–H groups in total. The van der Waals surface area contributed by atoms with E-state index in [-0.39, 0.29) is 0 Å². The van der Waals surface area contributed by atoms with Gasteiger partial charge in [0.05, 0.1) is 6.61 Å². The molecular formula is C22H36ClN5O. The van der Waals surface area contributed by atoms with Gasteiger partial charge < -0.3 is 19.9 Å². The maximum Gasteiger partial charge on any atom is 0.193 e. The fourth-order valence-electron chi connectivity index (χ4n) is 4.17. The number of benzene rings is 1. The standard InChI is InChI=1S/C22H36ClN5O/c1-24-22(25-17-19-7-9-26(10-8-19)15-16-29-2)28-13-11-27(12-14-28)18-20-3-5-21(23)6-4-20/h3-6,19H,7-18H2,1-2H3,(H,24,25). The van der Waals surface area contributed by atoms with Gasteiger partial charge in [-0.3, -0.25) is 9.89 Å². The molecule has 7 heteroatoms. The summed E-state index contributed by atoms with van der Waals surface area (Å²) >= 11 is 5.99. The van der Waals surface area contributed by atoms with Crippen LogP contribution in [0.25, 0.3) is 0 Å². The number of aliphatic imine (C=N–C) groups is 1. The van der Waals surface area contributed by atoms with Crippen molar-refractivity contribution in [2.45, 2.75) is 19.4 Å². The van der Waals surface area contributed by atoms with Crippen LogP contribution >= 0.6 is 11.6 Å². The minimum Gasteiger partial charge on any atom is -0.383 e. The Morgan fingerprint density at radius 2 is 1.76 bits per heavy atom. The number of nitrogens with one attached hydrogen (secondary N) is 1. The Morgan fingerprint density at radius 1 is 1.07 bits per heavy atom. The number of piperidine rings is 1. The molecule has 0 spiro atoms. The van der Waals surface area contributed by atoms with E-state index in [9.17, 15) is 0 Å². The van der Waals surface area contributed by atoms with Gasteiger partial charge in [0.1, 0.15) is 0 Å². The minimum absolute atomic E-state index is 0.733. The molecule has 3 rings (SSSR count). The van der Waals surface area contributed by atoms with Crippen LogP contribution in [0.2, 0.25) is 5.02 Å². The number of guanidine groups is 1. The lowest BCUT2D eigenvalue weighted by Gasteiger charge is -2.37. The summed E-state index contributed by atoms with van der Waals surface area (Å²) in [6.45, 7) is 10.4. The zero-order valence-electron chi connectivity index (χ0n) is 17.9. The summed E-state index contributed by atoms with van der Waals surface area (Å²) in [5.41, 5.74) is 1.32. The molecule has 162 valence electrons. The number of ether oxygens (including phenoxy) is 1. The molecule has 0 saturated carbocycles. The van der Waals surface area contributed by atoms with E-state index in [1.54, 1.807) is 7.11 Å². The van der Waals surface area contributed by atoms with Gasteiger partial charge in [-0.25, -0.2) is 0 Å². The van der Waals surface area contributed by atoms with E-state index in [0.717, 1.165) is 69.3 Å². The van der Waals surface area contributed by atoms with Crippen molar-refractivity contribution in [2.75, 3.05) is 73.1 Å². The van der Waals surface area contributed by atoms with Crippen LogP contribution in [0.3, 0.4) is 0 Å². The van der Waals surface area contributed by atoms with Crippen LogP contribution in [-0.2, 0) is 11.3 Å². The zero-order valence-corrected chi connectivity index (χ0v) is 18.7. The third-order valence-electron chi connectivity index (χ3n) is 6.07. The molecule has 1 aromatic carbocycles. The SMILES string of the molecule is CN=C(NCC1CCN(CCOC)CC1)N1CCN(Cc2ccc(Cl)cc2)CC1. The van der Waals surface area contributed by atoms with Crippen molar-refractivity contribution in [3.8, 4) is 0 Å². The van der Waals surface area contributed by atoms with E-state index < -0.39 is 0 Å². The van der Waals surface area contributed by atoms with E-state index in [4.69, 9.17) is 16.3 Å². The van der Waals surface area contributed by atoms with Crippen LogP contribution in [0.4, 0.5) is 0 Å². The number of likely N-dealkylation sites (tertiary alicyclic amines) is 1. The third kappa shape index (κ3) is 7.14. The lowest BCUT2D eigenvalue weighted by molar-refractivity contribution is 0.120. The van der Waals surface area contributed by atoms with Crippen molar-refractivity contribution in [1.82, 2.24) is 20.0 Å². The highest BCUT2D eigenvalue weighted by atomic mass is 35.5. The first-order chi connectivity index (χ1) is 14.2. The molecule has 0 aliphatic carbocycles. The Kier molecular flexibility index (Phi) is 9.05. The maximum absolute atomic E-state index is 5.99. The molecule has 6 nitrogen and oxygen atoms in total. The molecule has 2 aliphatic heterocycles. The topological polar surface area (TPSA) is 43.3 Å². The van der Waals surface area contributed by atoms with Gasteiger partial charge in [-0.2, -0.15) is 0 Å². The average Bonchev–Trinajstić information content (AvgIpc) is 2.76. The van der Waals surface area contributed by atoms with Crippen molar-refractivity contribution >= 4 is 17.6 Å². The van der Waals surface area contributed by atoms with E-state index in [0.29, 0.717) is 0 Å². The number of halogens is 1. The lowest BCUT2D eigenvalue weighted by atomic mass is 9.97. The van der Waals surface area contributed by atoms with E-state index in [2.05, 4.69) is 37.1 Å². The second-order valence-corrected chi connectivity index (χ2v) is 8.53. The summed E-state index contributed by atoms with van der Waals surface area (Å²) in [5.74, 6) is 1.79. The molecule has 0 aromatic heterocycles. The van der Waals surface area contributed by atoms with Gasteiger partial charge in [0.2, 0.25) is 0 Å². The molecule has 0 radical (unpaired) electrons. The van der Waals surface area contributed by atoms with Gasteiger partial charge in [-0.1, -0.05) is 23.7 Å². The van der Waals surface area contributed by atoms with Crippen molar-refractivity contribution < 1.29 is 4.74 Å². The number of hydrogen-bond donors (Lipinski definition) is 1. The van der Waals surface area contributed by atoms with Crippen LogP contribution in [0, 0.1) is 5.92 Å². The smallest absolute Gasteiger partial charge is 0.193 e. The first-order valence-electron chi connectivity index (χ1n) is 10.8. The monoisotopic (exact) mass is 421 g/mol. The Morgan fingerprint density at radius 3 is 2.38 bits per heavy atom. The highest BCUT2D eigenvalue weighted by Gasteiger charge is 2.22. The second kappa shape index (κ2) is 11.7. The van der Waals surface area contributed by atoms with E-state index >= 15 is 0 Å². The molecule has 1 aromatic rings. The van der Waals surface area contributed by atoms with Crippen LogP contribution in [0.5, 0.6) is 0 Å². The summed E-state index contributed by atoms with van der Waals surface area (Å²) in [5, 5.41) is 4.44. The van der Waals surface area contributed by atoms with Crippen molar-refractivity contribution in [3.63, 3.8) is 0 Å². The van der Waals surface area contributed by atoms with Crippen molar-refractivity contribution in [3.05, 3.63) is 34.9 Å². The molecule has 2 fully saturated rings. The summed E-state index contributed by atoms with van der Waals surface area (Å²) in [6.07, 6.45) is 2.51. The summed E-state index contributed by atoms with van der Waals surface area (Å²) in [4.78, 5) is 11.9. The van der Waals surface area contributed by atoms with Crippen molar-refractivity contribution in [1.29, 1.82) is 0 Å². The molecular weight excluding hydrogens is 386 g/mol. The van der Waals surface area contributed by atoms with Crippen LogP contribution in [0.1, 0.15) is 18.4 Å². The molecule has 2 aliphatic rings. The first-order valence-corrected chi connectivity index (χ1v) is 11.2. The van der Waals surface area contributed by atoms with Gasteiger partial charge in [0.15, 0.2) is 5.96 Å². The number of methoxy groups -OCH3 is 1. The van der Waals surface area contributed by atoms with Crippen LogP contribution in [-0.4, -0.2) is 93.8 Å². The Hall–Kier alpha value is -1.34. The van der Waals surface area contributed by atoms with Gasteiger partial charge in [-0.05, 0) is 49.5 Å². The van der Waals surface area contributed by atoms with Gasteiger partial charge >= 0.3 is 0 Å². The average molecular weight is 422 g/mol. The normalized spacial score (nSPS) is 20.2. The van der Waals surface area contributed by atoms with Gasteiger partial charge in [-0.15, -0.1) is 0 Å². The number of hydrogen-bond acceptors (Lipinski definition) is 4. The fraction of sp³-hybridized carbons (Fsp3) is 0.682. The third-order valence-corrected chi connectivity index (χ3v) is 6.32. The number of piperazine rings is 1. The van der Waals surface area contributed by atoms with Gasteiger partial charge in [0, 0.05) is 65.0 Å². The number of nitrogens with zero attached hydrogens (tertiary/aromatic N) is 4. The molecule has 0 bridgehead atoms. The predicted molar refractivity (Wildman–Crippen MR) is 121 cm³/mol.